The second kappa shape index (κ2) is 8.09. The van der Waals surface area contributed by atoms with E-state index >= 15 is 0 Å². The van der Waals surface area contributed by atoms with Gasteiger partial charge < -0.3 is 10.1 Å². The van der Waals surface area contributed by atoms with Crippen molar-refractivity contribution in [2.45, 2.75) is 24.3 Å². The van der Waals surface area contributed by atoms with E-state index in [1.165, 1.54) is 49.6 Å². The van der Waals surface area contributed by atoms with Crippen molar-refractivity contribution in [2.75, 3.05) is 17.1 Å². The van der Waals surface area contributed by atoms with Crippen LogP contribution in [-0.4, -0.2) is 27.5 Å². The van der Waals surface area contributed by atoms with Gasteiger partial charge in [0.25, 0.3) is 10.0 Å². The predicted octanol–water partition coefficient (Wildman–Crippen LogP) is 2.99. The van der Waals surface area contributed by atoms with Crippen LogP contribution in [0.5, 0.6) is 0 Å². The Kier molecular flexibility index (Phi) is 6.11. The summed E-state index contributed by atoms with van der Waals surface area (Å²) < 4.78 is 45.0. The van der Waals surface area contributed by atoms with Crippen molar-refractivity contribution in [3.05, 3.63) is 54.3 Å². The largest absolute Gasteiger partial charge is 0.381 e. The number of benzene rings is 2. The molecule has 1 atom stereocenters. The quantitative estimate of drug-likeness (QED) is 0.789. The second-order valence-corrected chi connectivity index (χ2v) is 7.12. The first-order valence-electron chi connectivity index (χ1n) is 7.51. The van der Waals surface area contributed by atoms with Gasteiger partial charge in [-0.05, 0) is 49.4 Å². The topological polar surface area (TPSA) is 84.5 Å². The number of amides is 1. The molecule has 1 amide bonds. The van der Waals surface area contributed by atoms with Crippen molar-refractivity contribution < 1.29 is 22.3 Å². The van der Waals surface area contributed by atoms with E-state index in [9.17, 15) is 17.6 Å². The highest BCUT2D eigenvalue weighted by atomic mass is 32.2. The van der Waals surface area contributed by atoms with Gasteiger partial charge in [0.15, 0.2) is 0 Å². The Morgan fingerprint density at radius 3 is 2.44 bits per heavy atom. The molecule has 0 radical (unpaired) electrons. The molecule has 0 heterocycles. The van der Waals surface area contributed by atoms with Crippen molar-refractivity contribution in [1.29, 1.82) is 0 Å². The Balaban J connectivity index is 2.06. The fourth-order valence-electron chi connectivity index (χ4n) is 2.04. The number of ether oxygens (including phenoxy) is 1. The van der Waals surface area contributed by atoms with E-state index in [-0.39, 0.29) is 29.0 Å². The van der Waals surface area contributed by atoms with Crippen LogP contribution in [0, 0.1) is 5.82 Å². The fraction of sp³-hybridized carbons (Fsp3) is 0.235. The van der Waals surface area contributed by atoms with E-state index in [4.69, 9.17) is 4.74 Å². The maximum absolute atomic E-state index is 13.2. The minimum Gasteiger partial charge on any atom is -0.381 e. The zero-order valence-electron chi connectivity index (χ0n) is 13.8. The molecule has 0 aromatic heterocycles. The molecule has 0 saturated heterocycles. The molecular weight excluding hydrogens is 347 g/mol. The Hall–Kier alpha value is -2.45. The molecule has 0 fully saturated rings. The van der Waals surface area contributed by atoms with Gasteiger partial charge in [-0.1, -0.05) is 6.07 Å². The summed E-state index contributed by atoms with van der Waals surface area (Å²) in [5.74, 6) is -0.772. The summed E-state index contributed by atoms with van der Waals surface area (Å²) in [5, 5.41) is 2.66. The highest BCUT2D eigenvalue weighted by Crippen LogP contribution is 2.19. The standard InChI is InChI=1S/C17H19FN2O4S/c1-12(24-2)10-17(21)19-14-6-8-16(9-7-14)25(22,23)20-15-5-3-4-13(18)11-15/h3-9,11-12,20H,10H2,1-2H3,(H,19,21). The molecule has 0 aliphatic carbocycles. The number of carbonyl (C=O) groups is 1. The molecule has 8 heteroatoms. The zero-order valence-corrected chi connectivity index (χ0v) is 14.6. The van der Waals surface area contributed by atoms with Crippen LogP contribution < -0.4 is 10.0 Å². The Labute approximate surface area is 146 Å². The summed E-state index contributed by atoms with van der Waals surface area (Å²) in [5.41, 5.74) is 0.601. The van der Waals surface area contributed by atoms with Gasteiger partial charge in [-0.2, -0.15) is 0 Å². The Morgan fingerprint density at radius 2 is 1.84 bits per heavy atom. The smallest absolute Gasteiger partial charge is 0.261 e. The van der Waals surface area contributed by atoms with Crippen LogP contribution in [-0.2, 0) is 19.6 Å². The first kappa shape index (κ1) is 18.9. The van der Waals surface area contributed by atoms with E-state index in [0.29, 0.717) is 5.69 Å². The summed E-state index contributed by atoms with van der Waals surface area (Å²) in [6.07, 6.45) is -0.0207. The van der Waals surface area contributed by atoms with Crippen LogP contribution in [0.2, 0.25) is 0 Å². The first-order chi connectivity index (χ1) is 11.8. The van der Waals surface area contributed by atoms with E-state index < -0.39 is 15.8 Å². The van der Waals surface area contributed by atoms with Crippen molar-refractivity contribution in [3.63, 3.8) is 0 Å². The average Bonchev–Trinajstić information content (AvgIpc) is 2.54. The first-order valence-corrected chi connectivity index (χ1v) is 8.99. The van der Waals surface area contributed by atoms with Crippen LogP contribution in [0.25, 0.3) is 0 Å². The van der Waals surface area contributed by atoms with Gasteiger partial charge >= 0.3 is 0 Å². The van der Waals surface area contributed by atoms with Gasteiger partial charge in [0, 0.05) is 12.8 Å². The molecule has 0 bridgehead atoms. The third-order valence-corrected chi connectivity index (χ3v) is 4.80. The second-order valence-electron chi connectivity index (χ2n) is 5.44. The van der Waals surface area contributed by atoms with Crippen LogP contribution in [0.3, 0.4) is 0 Å². The van der Waals surface area contributed by atoms with E-state index in [0.717, 1.165) is 6.07 Å². The lowest BCUT2D eigenvalue weighted by Gasteiger charge is -2.11. The number of halogens is 1. The van der Waals surface area contributed by atoms with Crippen molar-refractivity contribution in [3.8, 4) is 0 Å². The number of anilines is 2. The minimum atomic E-state index is -3.85. The monoisotopic (exact) mass is 366 g/mol. The molecule has 2 rings (SSSR count). The molecule has 0 aliphatic heterocycles. The summed E-state index contributed by atoms with van der Waals surface area (Å²) in [4.78, 5) is 11.8. The molecule has 2 aromatic carbocycles. The molecule has 25 heavy (non-hydrogen) atoms. The molecule has 134 valence electrons. The van der Waals surface area contributed by atoms with Crippen molar-refractivity contribution in [2.24, 2.45) is 0 Å². The summed E-state index contributed by atoms with van der Waals surface area (Å²) in [6.45, 7) is 1.77. The number of sulfonamides is 1. The van der Waals surface area contributed by atoms with E-state index in [1.54, 1.807) is 6.92 Å². The number of methoxy groups -OCH3 is 1. The SMILES string of the molecule is COC(C)CC(=O)Nc1ccc(S(=O)(=O)Nc2cccc(F)c2)cc1. The van der Waals surface area contributed by atoms with Crippen LogP contribution in [0.1, 0.15) is 13.3 Å². The molecule has 0 aliphatic rings. The van der Waals surface area contributed by atoms with Crippen LogP contribution >= 0.6 is 0 Å². The van der Waals surface area contributed by atoms with Crippen LogP contribution in [0.15, 0.2) is 53.4 Å². The Bertz CT molecular complexity index is 838. The fourth-order valence-corrected chi connectivity index (χ4v) is 3.09. The zero-order chi connectivity index (χ0) is 18.4. The van der Waals surface area contributed by atoms with Gasteiger partial charge in [-0.15, -0.1) is 0 Å². The minimum absolute atomic E-state index is 0.0000183. The lowest BCUT2D eigenvalue weighted by Crippen LogP contribution is -2.19. The normalized spacial score (nSPS) is 12.4. The molecule has 6 nitrogen and oxygen atoms in total. The lowest BCUT2D eigenvalue weighted by molar-refractivity contribution is -0.118. The van der Waals surface area contributed by atoms with E-state index in [2.05, 4.69) is 10.0 Å². The average molecular weight is 366 g/mol. The van der Waals surface area contributed by atoms with Gasteiger partial charge in [0.2, 0.25) is 5.91 Å². The number of hydrogen-bond acceptors (Lipinski definition) is 4. The number of hydrogen-bond donors (Lipinski definition) is 2. The maximum atomic E-state index is 13.2. The predicted molar refractivity (Wildman–Crippen MR) is 93.4 cm³/mol. The van der Waals surface area contributed by atoms with Gasteiger partial charge in [0.05, 0.1) is 23.1 Å². The highest BCUT2D eigenvalue weighted by molar-refractivity contribution is 7.92. The number of carbonyl (C=O) groups excluding carboxylic acids is 1. The van der Waals surface area contributed by atoms with Gasteiger partial charge in [0.1, 0.15) is 5.82 Å². The van der Waals surface area contributed by atoms with Crippen LogP contribution in [0.4, 0.5) is 15.8 Å². The molecule has 2 aromatic rings. The highest BCUT2D eigenvalue weighted by Gasteiger charge is 2.15. The Morgan fingerprint density at radius 1 is 1.16 bits per heavy atom. The van der Waals surface area contributed by atoms with Gasteiger partial charge in [-0.3, -0.25) is 9.52 Å². The molecule has 0 saturated carbocycles. The third kappa shape index (κ3) is 5.54. The number of rotatable bonds is 7. The van der Waals surface area contributed by atoms with Gasteiger partial charge in [-0.25, -0.2) is 12.8 Å². The molecule has 0 spiro atoms. The summed E-state index contributed by atoms with van der Waals surface area (Å²) in [6, 6.07) is 10.8. The number of nitrogens with one attached hydrogen (secondary N) is 2. The molecular formula is C17H19FN2O4S. The molecule has 2 N–H and O–H groups in total. The van der Waals surface area contributed by atoms with Crippen molar-refractivity contribution >= 4 is 27.3 Å². The van der Waals surface area contributed by atoms with Crippen molar-refractivity contribution in [1.82, 2.24) is 0 Å². The third-order valence-electron chi connectivity index (χ3n) is 3.40. The van der Waals surface area contributed by atoms with E-state index in [1.807, 2.05) is 0 Å². The lowest BCUT2D eigenvalue weighted by atomic mass is 10.2. The summed E-state index contributed by atoms with van der Waals surface area (Å²) >= 11 is 0. The summed E-state index contributed by atoms with van der Waals surface area (Å²) in [7, 11) is -2.33. The maximum Gasteiger partial charge on any atom is 0.261 e. The molecule has 1 unspecified atom stereocenters.